The highest BCUT2D eigenvalue weighted by Gasteiger charge is 2.36. The minimum Gasteiger partial charge on any atom is -0.439 e. The van der Waals surface area contributed by atoms with Gasteiger partial charge in [0, 0.05) is 50.4 Å². The maximum absolute atomic E-state index is 15.8. The van der Waals surface area contributed by atoms with Gasteiger partial charge in [-0.3, -0.25) is 14.4 Å². The molecule has 3 rings (SSSR count). The molecule has 230 valence electrons. The van der Waals surface area contributed by atoms with Gasteiger partial charge in [0.05, 0.1) is 17.5 Å². The molecule has 10 nitrogen and oxygen atoms in total. The molecule has 1 fully saturated rings. The molecular weight excluding hydrogens is 545 g/mol. The van der Waals surface area contributed by atoms with Crippen molar-refractivity contribution < 1.29 is 37.8 Å². The Balaban J connectivity index is 2.07. The summed E-state index contributed by atoms with van der Waals surface area (Å²) in [5, 5.41) is 2.59. The summed E-state index contributed by atoms with van der Waals surface area (Å²) in [4.78, 5) is 53.4. The molecule has 0 spiro atoms. The van der Waals surface area contributed by atoms with Crippen LogP contribution in [0.5, 0.6) is 0 Å². The van der Waals surface area contributed by atoms with E-state index in [-0.39, 0.29) is 35.8 Å². The van der Waals surface area contributed by atoms with Crippen LogP contribution >= 0.6 is 0 Å². The van der Waals surface area contributed by atoms with Gasteiger partial charge in [-0.15, -0.1) is 0 Å². The van der Waals surface area contributed by atoms with Gasteiger partial charge in [0.25, 0.3) is 5.91 Å². The SMILES string of the molecule is CO[C@H]1/C=C\C=C(/C)C(=O)NC2=CC(=O)C(N3CCC3)=C(C[C@@H](C)C[C@H](OC)[C@@H](F)[C@@H](C)/C=C(\C)[C@@H]1OC(N)=O)C2=O. The molecule has 2 heterocycles. The first-order chi connectivity index (χ1) is 19.9. The van der Waals surface area contributed by atoms with E-state index >= 15 is 4.39 Å². The van der Waals surface area contributed by atoms with Crippen molar-refractivity contribution >= 4 is 23.6 Å². The largest absolute Gasteiger partial charge is 0.439 e. The first kappa shape index (κ1) is 32.9. The first-order valence-electron chi connectivity index (χ1n) is 14.2. The van der Waals surface area contributed by atoms with Gasteiger partial charge in [0.15, 0.2) is 6.10 Å². The zero-order chi connectivity index (χ0) is 31.1. The number of rotatable bonds is 4. The van der Waals surface area contributed by atoms with Crippen LogP contribution in [-0.2, 0) is 28.6 Å². The number of fused-ring (bicyclic) bond motifs is 2. The number of carbonyl (C=O) groups excluding carboxylic acids is 4. The van der Waals surface area contributed by atoms with Gasteiger partial charge in [-0.25, -0.2) is 9.18 Å². The summed E-state index contributed by atoms with van der Waals surface area (Å²) in [6.07, 6.45) is 3.79. The van der Waals surface area contributed by atoms with Gasteiger partial charge in [-0.05, 0) is 44.6 Å². The Morgan fingerprint density at radius 2 is 1.81 bits per heavy atom. The Bertz CT molecular complexity index is 1230. The highest BCUT2D eigenvalue weighted by atomic mass is 19.1. The smallest absolute Gasteiger partial charge is 0.405 e. The minimum atomic E-state index is -1.44. The number of nitrogens with zero attached hydrogens (tertiary/aromatic N) is 1. The second kappa shape index (κ2) is 14.6. The fraction of sp³-hybridized carbons (Fsp3) is 0.548. The van der Waals surface area contributed by atoms with E-state index in [1.165, 1.54) is 26.4 Å². The number of carbonyl (C=O) groups is 4. The number of alkyl halides is 1. The molecule has 0 radical (unpaired) electrons. The Morgan fingerprint density at radius 3 is 2.38 bits per heavy atom. The molecule has 2 amide bonds. The zero-order valence-electron chi connectivity index (χ0n) is 25.1. The number of ether oxygens (including phenoxy) is 3. The lowest BCUT2D eigenvalue weighted by atomic mass is 9.84. The summed E-state index contributed by atoms with van der Waals surface area (Å²) >= 11 is 0. The van der Waals surface area contributed by atoms with Crippen molar-refractivity contribution in [2.24, 2.45) is 17.6 Å². The van der Waals surface area contributed by atoms with Crippen LogP contribution in [-0.4, -0.2) is 80.3 Å². The fourth-order valence-corrected chi connectivity index (χ4v) is 5.43. The molecule has 2 bridgehead atoms. The Kier molecular flexibility index (Phi) is 11.4. The lowest BCUT2D eigenvalue weighted by Crippen LogP contribution is -2.43. The number of nitrogens with two attached hydrogens (primary N) is 1. The average molecular weight is 588 g/mol. The normalized spacial score (nSPS) is 33.5. The van der Waals surface area contributed by atoms with Crippen LogP contribution in [0.1, 0.15) is 47.0 Å². The maximum Gasteiger partial charge on any atom is 0.405 e. The second-order valence-corrected chi connectivity index (χ2v) is 11.2. The monoisotopic (exact) mass is 587 g/mol. The molecule has 0 unspecified atom stereocenters. The van der Waals surface area contributed by atoms with Crippen molar-refractivity contribution in [3.8, 4) is 0 Å². The minimum absolute atomic E-state index is 0.101. The van der Waals surface area contributed by atoms with Crippen LogP contribution < -0.4 is 11.1 Å². The highest BCUT2D eigenvalue weighted by molar-refractivity contribution is 6.23. The molecular formula is C31H42FN3O7. The molecule has 0 aromatic carbocycles. The Hall–Kier alpha value is -3.57. The molecule has 3 N–H and O–H groups in total. The third kappa shape index (κ3) is 7.83. The number of halogens is 1. The van der Waals surface area contributed by atoms with E-state index in [4.69, 9.17) is 19.9 Å². The van der Waals surface area contributed by atoms with Crippen molar-refractivity contribution in [2.45, 2.75) is 71.4 Å². The molecule has 3 aliphatic rings. The number of primary amides is 1. The molecule has 0 aromatic heterocycles. The van der Waals surface area contributed by atoms with E-state index in [0.29, 0.717) is 29.9 Å². The van der Waals surface area contributed by atoms with E-state index in [1.807, 2.05) is 11.8 Å². The lowest BCUT2D eigenvalue weighted by molar-refractivity contribution is -0.120. The van der Waals surface area contributed by atoms with Crippen LogP contribution in [0.15, 0.2) is 58.5 Å². The highest BCUT2D eigenvalue weighted by Crippen LogP contribution is 2.32. The Morgan fingerprint density at radius 1 is 1.12 bits per heavy atom. The fourth-order valence-electron chi connectivity index (χ4n) is 5.43. The number of likely N-dealkylation sites (tertiary alicyclic amines) is 1. The second-order valence-electron chi connectivity index (χ2n) is 11.2. The molecule has 1 saturated heterocycles. The number of amides is 2. The van der Waals surface area contributed by atoms with Crippen molar-refractivity contribution in [1.82, 2.24) is 10.2 Å². The summed E-state index contributed by atoms with van der Waals surface area (Å²) < 4.78 is 32.3. The number of methoxy groups -OCH3 is 2. The van der Waals surface area contributed by atoms with Crippen LogP contribution in [0, 0.1) is 11.8 Å². The Labute approximate surface area is 246 Å². The number of hydrogen-bond donors (Lipinski definition) is 2. The number of ketones is 2. The van der Waals surface area contributed by atoms with Crippen molar-refractivity contribution in [2.75, 3.05) is 27.3 Å². The van der Waals surface area contributed by atoms with Crippen LogP contribution in [0.25, 0.3) is 0 Å². The molecule has 42 heavy (non-hydrogen) atoms. The van der Waals surface area contributed by atoms with Crippen LogP contribution in [0.4, 0.5) is 9.18 Å². The van der Waals surface area contributed by atoms with Crippen molar-refractivity contribution in [1.29, 1.82) is 0 Å². The van der Waals surface area contributed by atoms with Crippen LogP contribution in [0.3, 0.4) is 0 Å². The standard InChI is InChI=1S/C31H42FN3O7/c1-17-13-21-27(35-11-8-12-35)23(36)16-22(28(21)37)34-30(38)18(2)9-7-10-24(40-5)29(42-31(33)39)20(4)15-19(3)26(32)25(14-17)41-6/h7,9-10,15-17,19,24-26,29H,8,11-14H2,1-6H3,(H2,33,39)(H,34,38)/b10-7-,18-9+,20-15+/t17-,19+,24+,25+,26+,29+/m1/s1. The van der Waals surface area contributed by atoms with Gasteiger partial charge < -0.3 is 30.2 Å². The topological polar surface area (TPSA) is 137 Å². The van der Waals surface area contributed by atoms with E-state index in [1.54, 1.807) is 39.0 Å². The predicted octanol–water partition coefficient (Wildman–Crippen LogP) is 3.44. The van der Waals surface area contributed by atoms with Crippen molar-refractivity contribution in [3.05, 3.63) is 58.5 Å². The molecule has 1 aliphatic carbocycles. The van der Waals surface area contributed by atoms with E-state index < -0.39 is 48.2 Å². The van der Waals surface area contributed by atoms with Gasteiger partial charge in [-0.2, -0.15) is 0 Å². The van der Waals surface area contributed by atoms with E-state index in [2.05, 4.69) is 5.32 Å². The number of hydrogen-bond acceptors (Lipinski definition) is 8. The van der Waals surface area contributed by atoms with E-state index in [9.17, 15) is 19.2 Å². The first-order valence-corrected chi connectivity index (χ1v) is 14.2. The predicted molar refractivity (Wildman–Crippen MR) is 155 cm³/mol. The van der Waals surface area contributed by atoms with Crippen LogP contribution in [0.2, 0.25) is 0 Å². The summed E-state index contributed by atoms with van der Waals surface area (Å²) in [6, 6.07) is 0. The molecule has 6 atom stereocenters. The third-order valence-electron chi connectivity index (χ3n) is 7.87. The van der Waals surface area contributed by atoms with E-state index in [0.717, 1.165) is 6.42 Å². The quantitative estimate of drug-likeness (QED) is 0.377. The van der Waals surface area contributed by atoms with Gasteiger partial charge in [0.1, 0.15) is 12.3 Å². The summed E-state index contributed by atoms with van der Waals surface area (Å²) in [5.41, 5.74) is 6.66. The molecule has 0 aromatic rings. The number of nitrogens with one attached hydrogen (secondary N) is 1. The third-order valence-corrected chi connectivity index (χ3v) is 7.87. The average Bonchev–Trinajstić information content (AvgIpc) is 2.90. The molecule has 0 saturated carbocycles. The lowest BCUT2D eigenvalue weighted by Gasteiger charge is -2.37. The van der Waals surface area contributed by atoms with Gasteiger partial charge >= 0.3 is 6.09 Å². The van der Waals surface area contributed by atoms with Crippen molar-refractivity contribution in [3.63, 3.8) is 0 Å². The summed E-state index contributed by atoms with van der Waals surface area (Å²) in [7, 11) is 2.85. The molecule has 11 heteroatoms. The summed E-state index contributed by atoms with van der Waals surface area (Å²) in [5.74, 6) is -2.21. The zero-order valence-corrected chi connectivity index (χ0v) is 25.1. The number of Topliss-reactive ketones (excluding diaryl/α,β-unsaturated/α-hetero) is 1. The number of allylic oxidation sites excluding steroid dienone is 5. The van der Waals surface area contributed by atoms with Gasteiger partial charge in [-0.1, -0.05) is 38.2 Å². The van der Waals surface area contributed by atoms with Gasteiger partial charge in [0.2, 0.25) is 11.6 Å². The molecule has 2 aliphatic heterocycles. The maximum atomic E-state index is 15.8. The summed E-state index contributed by atoms with van der Waals surface area (Å²) in [6.45, 7) is 8.14.